The molecule has 1 aromatic carbocycles. The smallest absolute Gasteiger partial charge is 0.336 e. The average molecular weight is 435 g/mol. The number of nitrogens with zero attached hydrogens (tertiary/aromatic N) is 1. The lowest BCUT2D eigenvalue weighted by Gasteiger charge is -2.27. The molecule has 4 rings (SSSR count). The highest BCUT2D eigenvalue weighted by atomic mass is 16.6. The number of hydrogen-bond acceptors (Lipinski definition) is 9. The van der Waals surface area contributed by atoms with Gasteiger partial charge in [-0.15, -0.1) is 0 Å². The van der Waals surface area contributed by atoms with Gasteiger partial charge >= 0.3 is 5.63 Å². The van der Waals surface area contributed by atoms with Crippen LogP contribution in [-0.2, 0) is 25.5 Å². The van der Waals surface area contributed by atoms with Crippen molar-refractivity contribution in [2.45, 2.75) is 6.54 Å². The van der Waals surface area contributed by atoms with Crippen molar-refractivity contribution in [2.75, 3.05) is 79.2 Å². The van der Waals surface area contributed by atoms with Crippen molar-refractivity contribution in [1.29, 1.82) is 0 Å². The van der Waals surface area contributed by atoms with Crippen LogP contribution < -0.4 is 15.1 Å². The average Bonchev–Trinajstić information content (AvgIpc) is 2.78. The maximum atomic E-state index is 12.4. The van der Waals surface area contributed by atoms with Crippen molar-refractivity contribution >= 4 is 11.0 Å². The lowest BCUT2D eigenvalue weighted by Crippen LogP contribution is -2.35. The van der Waals surface area contributed by atoms with E-state index in [4.69, 9.17) is 32.8 Å². The molecule has 3 heterocycles. The summed E-state index contributed by atoms with van der Waals surface area (Å²) in [5.41, 5.74) is 0.870. The van der Waals surface area contributed by atoms with Crippen LogP contribution in [0.1, 0.15) is 5.56 Å². The fourth-order valence-corrected chi connectivity index (χ4v) is 3.59. The van der Waals surface area contributed by atoms with E-state index in [-0.39, 0.29) is 0 Å². The summed E-state index contributed by atoms with van der Waals surface area (Å²) in [6, 6.07) is 5.31. The molecule has 0 atom stereocenters. The second kappa shape index (κ2) is 11.4. The zero-order chi connectivity index (χ0) is 21.3. The molecule has 1 aromatic heterocycles. The standard InChI is InChI=1S/C22H29NO8/c24-20-15-17(16-23-3-5-25-6-4-23)18-1-2-19-22(21(18)31-20)30-14-12-28-10-8-26-7-9-27-11-13-29-19/h1-2,15H,3-14,16H2. The molecule has 1 fully saturated rings. The summed E-state index contributed by atoms with van der Waals surface area (Å²) in [6.45, 7) is 7.09. The van der Waals surface area contributed by atoms with E-state index >= 15 is 0 Å². The van der Waals surface area contributed by atoms with Gasteiger partial charge in [-0.1, -0.05) is 0 Å². The summed E-state index contributed by atoms with van der Waals surface area (Å²) in [7, 11) is 0. The van der Waals surface area contributed by atoms with Gasteiger partial charge < -0.3 is 32.8 Å². The molecule has 9 heteroatoms. The molecule has 2 aromatic rings. The molecule has 0 radical (unpaired) electrons. The Morgan fingerprint density at radius 1 is 0.742 bits per heavy atom. The first-order valence-electron chi connectivity index (χ1n) is 10.7. The van der Waals surface area contributed by atoms with Gasteiger partial charge in [-0.25, -0.2) is 4.79 Å². The van der Waals surface area contributed by atoms with Crippen molar-refractivity contribution < 1.29 is 32.8 Å². The molecule has 2 aliphatic heterocycles. The summed E-state index contributed by atoms with van der Waals surface area (Å²) in [5, 5.41) is 0.830. The monoisotopic (exact) mass is 435 g/mol. The first kappa shape index (κ1) is 22.0. The Morgan fingerprint density at radius 2 is 1.35 bits per heavy atom. The van der Waals surface area contributed by atoms with E-state index in [1.807, 2.05) is 12.1 Å². The molecule has 2 aliphatic rings. The van der Waals surface area contributed by atoms with Gasteiger partial charge in [0.2, 0.25) is 5.75 Å². The Hall–Kier alpha value is -2.17. The van der Waals surface area contributed by atoms with Gasteiger partial charge in [-0.3, -0.25) is 4.90 Å². The van der Waals surface area contributed by atoms with E-state index in [2.05, 4.69) is 4.90 Å². The predicted octanol–water partition coefficient (Wildman–Crippen LogP) is 1.45. The number of benzene rings is 1. The van der Waals surface area contributed by atoms with E-state index < -0.39 is 5.63 Å². The lowest BCUT2D eigenvalue weighted by atomic mass is 10.1. The minimum Gasteiger partial charge on any atom is -0.487 e. The lowest BCUT2D eigenvalue weighted by molar-refractivity contribution is 0.00709. The van der Waals surface area contributed by atoms with Crippen molar-refractivity contribution in [3.05, 3.63) is 34.2 Å². The Balaban J connectivity index is 1.61. The van der Waals surface area contributed by atoms with Gasteiger partial charge in [0.15, 0.2) is 11.3 Å². The number of rotatable bonds is 2. The molecule has 31 heavy (non-hydrogen) atoms. The van der Waals surface area contributed by atoms with Crippen molar-refractivity contribution in [3.63, 3.8) is 0 Å². The van der Waals surface area contributed by atoms with E-state index in [0.717, 1.165) is 24.0 Å². The van der Waals surface area contributed by atoms with Crippen LogP contribution in [0.15, 0.2) is 27.4 Å². The number of morpholine rings is 1. The van der Waals surface area contributed by atoms with Crippen LogP contribution in [-0.4, -0.2) is 84.1 Å². The van der Waals surface area contributed by atoms with Crippen LogP contribution in [0.5, 0.6) is 11.5 Å². The van der Waals surface area contributed by atoms with Crippen LogP contribution in [0.25, 0.3) is 11.0 Å². The molecule has 0 bridgehead atoms. The molecule has 0 unspecified atom stereocenters. The third-order valence-corrected chi connectivity index (χ3v) is 5.12. The van der Waals surface area contributed by atoms with Gasteiger partial charge in [0, 0.05) is 31.1 Å². The number of hydrogen-bond donors (Lipinski definition) is 0. The van der Waals surface area contributed by atoms with Gasteiger partial charge in [0.25, 0.3) is 0 Å². The summed E-state index contributed by atoms with van der Waals surface area (Å²) in [6.07, 6.45) is 0. The normalized spacial score (nSPS) is 20.1. The molecule has 0 amide bonds. The predicted molar refractivity (Wildman–Crippen MR) is 112 cm³/mol. The molecular weight excluding hydrogens is 406 g/mol. The van der Waals surface area contributed by atoms with Crippen LogP contribution >= 0.6 is 0 Å². The Kier molecular flexibility index (Phi) is 8.14. The van der Waals surface area contributed by atoms with Gasteiger partial charge in [0.1, 0.15) is 13.2 Å². The van der Waals surface area contributed by atoms with Gasteiger partial charge in [-0.05, 0) is 17.7 Å². The van der Waals surface area contributed by atoms with Crippen LogP contribution in [0, 0.1) is 0 Å². The van der Waals surface area contributed by atoms with E-state index in [9.17, 15) is 4.79 Å². The largest absolute Gasteiger partial charge is 0.487 e. The summed E-state index contributed by atoms with van der Waals surface area (Å²) >= 11 is 0. The maximum Gasteiger partial charge on any atom is 0.336 e. The molecule has 0 spiro atoms. The zero-order valence-corrected chi connectivity index (χ0v) is 17.6. The maximum absolute atomic E-state index is 12.4. The minimum atomic E-state index is -0.416. The highest BCUT2D eigenvalue weighted by molar-refractivity contribution is 5.88. The Morgan fingerprint density at radius 3 is 2.06 bits per heavy atom. The summed E-state index contributed by atoms with van der Waals surface area (Å²) < 4.78 is 39.4. The van der Waals surface area contributed by atoms with Crippen molar-refractivity contribution in [2.24, 2.45) is 0 Å². The Bertz CT molecular complexity index is 893. The van der Waals surface area contributed by atoms with E-state index in [1.165, 1.54) is 0 Å². The van der Waals surface area contributed by atoms with Crippen LogP contribution in [0.2, 0.25) is 0 Å². The molecule has 1 saturated heterocycles. The SMILES string of the molecule is O=c1cc(CN2CCOCC2)c2ccc3c(c2o1)OCCOCCOCCOCCO3. The first-order chi connectivity index (χ1) is 15.3. The fraction of sp³-hybridized carbons (Fsp3) is 0.591. The summed E-state index contributed by atoms with van der Waals surface area (Å²) in [4.78, 5) is 14.6. The second-order valence-electron chi connectivity index (χ2n) is 7.28. The highest BCUT2D eigenvalue weighted by Crippen LogP contribution is 2.36. The van der Waals surface area contributed by atoms with Crippen molar-refractivity contribution in [1.82, 2.24) is 4.90 Å². The molecule has 0 N–H and O–H groups in total. The second-order valence-corrected chi connectivity index (χ2v) is 7.28. The topological polar surface area (TPSA) is 88.8 Å². The molecule has 0 aliphatic carbocycles. The molecular formula is C22H29NO8. The third-order valence-electron chi connectivity index (χ3n) is 5.12. The third kappa shape index (κ3) is 6.18. The van der Waals surface area contributed by atoms with E-state index in [0.29, 0.717) is 89.7 Å². The van der Waals surface area contributed by atoms with Gasteiger partial charge in [0.05, 0.1) is 52.9 Å². The van der Waals surface area contributed by atoms with Crippen molar-refractivity contribution in [3.8, 4) is 11.5 Å². The van der Waals surface area contributed by atoms with Crippen LogP contribution in [0.3, 0.4) is 0 Å². The highest BCUT2D eigenvalue weighted by Gasteiger charge is 2.19. The van der Waals surface area contributed by atoms with E-state index in [1.54, 1.807) is 6.07 Å². The number of fused-ring (bicyclic) bond motifs is 3. The molecule has 9 nitrogen and oxygen atoms in total. The molecule has 170 valence electrons. The zero-order valence-electron chi connectivity index (χ0n) is 17.6. The quantitative estimate of drug-likeness (QED) is 0.650. The summed E-state index contributed by atoms with van der Waals surface area (Å²) in [5.74, 6) is 0.919. The first-order valence-corrected chi connectivity index (χ1v) is 10.7. The van der Waals surface area contributed by atoms with Crippen LogP contribution in [0.4, 0.5) is 0 Å². The molecule has 0 saturated carbocycles. The minimum absolute atomic E-state index is 0.295. The fourth-order valence-electron chi connectivity index (χ4n) is 3.59. The van der Waals surface area contributed by atoms with Gasteiger partial charge in [-0.2, -0.15) is 0 Å². The Labute approximate surface area is 180 Å². The number of ether oxygens (including phenoxy) is 6.